The van der Waals surface area contributed by atoms with Crippen molar-refractivity contribution >= 4 is 52.4 Å². The SMILES string of the molecule is C[C@H](CC(=O)CCC(F)(F)F)CC(=O)c1ccc(/C=C/C(c2cc(Cl)c(Cl)c(Cl)c2)C(F)(F)F)cc1. The number of rotatable bonds is 10. The molecule has 0 radical (unpaired) electrons. The first kappa shape index (κ1) is 30.2. The molecular weight excluding hydrogens is 553 g/mol. The second-order valence-corrected chi connectivity index (χ2v) is 9.58. The summed E-state index contributed by atoms with van der Waals surface area (Å²) >= 11 is 17.6. The van der Waals surface area contributed by atoms with E-state index in [9.17, 15) is 35.9 Å². The van der Waals surface area contributed by atoms with Crippen molar-refractivity contribution in [1.82, 2.24) is 0 Å². The molecule has 0 heterocycles. The van der Waals surface area contributed by atoms with Crippen LogP contribution >= 0.6 is 34.8 Å². The van der Waals surface area contributed by atoms with E-state index in [-0.39, 0.29) is 44.8 Å². The molecule has 0 aliphatic carbocycles. The first-order valence-corrected chi connectivity index (χ1v) is 11.8. The normalized spacial score (nSPS) is 14.2. The molecule has 1 unspecified atom stereocenters. The molecule has 0 N–H and O–H groups in total. The van der Waals surface area contributed by atoms with Crippen LogP contribution in [0.2, 0.25) is 15.1 Å². The zero-order valence-corrected chi connectivity index (χ0v) is 21.1. The lowest BCUT2D eigenvalue weighted by Gasteiger charge is -2.18. The number of carbonyl (C=O) groups excluding carboxylic acids is 2. The number of Topliss-reactive ketones (excluding diaryl/α,β-unsaturated/α-hetero) is 2. The standard InChI is InChI=1S/C25H21Cl3F6O2/c1-14(10-18(35)8-9-24(29,30)31)11-22(36)16-5-2-15(3-6-16)4-7-19(25(32,33)34)17-12-20(26)23(28)21(27)13-17/h2-7,12-14,19H,8-11H2,1H3/b7-4+/t14-,19?/m1/s1. The van der Waals surface area contributed by atoms with Gasteiger partial charge in [-0.15, -0.1) is 0 Å². The topological polar surface area (TPSA) is 34.1 Å². The third-order valence-electron chi connectivity index (χ3n) is 5.23. The van der Waals surface area contributed by atoms with Gasteiger partial charge in [0.15, 0.2) is 5.78 Å². The van der Waals surface area contributed by atoms with Gasteiger partial charge in [-0.25, -0.2) is 0 Å². The molecule has 11 heteroatoms. The molecule has 2 nitrogen and oxygen atoms in total. The molecule has 36 heavy (non-hydrogen) atoms. The maximum atomic E-state index is 13.7. The van der Waals surface area contributed by atoms with Crippen LogP contribution in [0.5, 0.6) is 0 Å². The van der Waals surface area contributed by atoms with Crippen LogP contribution in [0.25, 0.3) is 6.08 Å². The van der Waals surface area contributed by atoms with E-state index in [1.807, 2.05) is 0 Å². The second-order valence-electron chi connectivity index (χ2n) is 8.39. The molecule has 0 saturated carbocycles. The minimum absolute atomic E-state index is 0.0489. The van der Waals surface area contributed by atoms with Gasteiger partial charge in [0.05, 0.1) is 27.4 Å². The monoisotopic (exact) mass is 572 g/mol. The van der Waals surface area contributed by atoms with E-state index in [1.54, 1.807) is 6.92 Å². The predicted octanol–water partition coefficient (Wildman–Crippen LogP) is 9.52. The molecule has 0 aliphatic heterocycles. The quantitative estimate of drug-likeness (QED) is 0.161. The van der Waals surface area contributed by atoms with Crippen LogP contribution in [0.3, 0.4) is 0 Å². The van der Waals surface area contributed by atoms with E-state index >= 15 is 0 Å². The number of ketones is 2. The zero-order valence-electron chi connectivity index (χ0n) is 18.8. The molecule has 196 valence electrons. The smallest absolute Gasteiger partial charge is 0.300 e. The van der Waals surface area contributed by atoms with Crippen LogP contribution in [0.15, 0.2) is 42.5 Å². The summed E-state index contributed by atoms with van der Waals surface area (Å²) in [5.41, 5.74) is 0.469. The van der Waals surface area contributed by atoms with Crippen molar-refractivity contribution in [2.24, 2.45) is 5.92 Å². The van der Waals surface area contributed by atoms with Crippen molar-refractivity contribution in [3.05, 3.63) is 74.2 Å². The van der Waals surface area contributed by atoms with Gasteiger partial charge in [0, 0.05) is 24.8 Å². The van der Waals surface area contributed by atoms with Crippen LogP contribution in [0, 0.1) is 5.92 Å². The van der Waals surface area contributed by atoms with Gasteiger partial charge >= 0.3 is 12.4 Å². The summed E-state index contributed by atoms with van der Waals surface area (Å²) < 4.78 is 77.7. The fourth-order valence-corrected chi connectivity index (χ4v) is 4.04. The molecule has 0 amide bonds. The molecule has 0 bridgehead atoms. The molecule has 2 rings (SSSR count). The van der Waals surface area contributed by atoms with Crippen molar-refractivity contribution < 1.29 is 35.9 Å². The fourth-order valence-electron chi connectivity index (χ4n) is 3.43. The van der Waals surface area contributed by atoms with Crippen molar-refractivity contribution in [3.63, 3.8) is 0 Å². The average molecular weight is 574 g/mol. The fraction of sp³-hybridized carbons (Fsp3) is 0.360. The van der Waals surface area contributed by atoms with Crippen molar-refractivity contribution in [2.75, 3.05) is 0 Å². The number of halogens is 9. The summed E-state index contributed by atoms with van der Waals surface area (Å²) in [5.74, 6) is -3.37. The molecule has 0 aromatic heterocycles. The van der Waals surface area contributed by atoms with Crippen LogP contribution in [-0.2, 0) is 4.79 Å². The Morgan fingerprint density at radius 3 is 1.97 bits per heavy atom. The van der Waals surface area contributed by atoms with Crippen LogP contribution in [0.4, 0.5) is 26.3 Å². The van der Waals surface area contributed by atoms with Gasteiger partial charge in [-0.05, 0) is 29.2 Å². The van der Waals surface area contributed by atoms with Gasteiger partial charge in [-0.3, -0.25) is 9.59 Å². The summed E-state index contributed by atoms with van der Waals surface area (Å²) in [4.78, 5) is 24.1. The van der Waals surface area contributed by atoms with Crippen LogP contribution in [0.1, 0.15) is 60.0 Å². The summed E-state index contributed by atoms with van der Waals surface area (Å²) in [6.07, 6.45) is -8.92. The average Bonchev–Trinajstić information content (AvgIpc) is 2.75. The lowest BCUT2D eigenvalue weighted by atomic mass is 9.93. The maximum absolute atomic E-state index is 13.7. The first-order valence-electron chi connectivity index (χ1n) is 10.7. The number of alkyl halides is 6. The first-order chi connectivity index (χ1) is 16.6. The van der Waals surface area contributed by atoms with E-state index in [4.69, 9.17) is 34.8 Å². The van der Waals surface area contributed by atoms with Gasteiger partial charge < -0.3 is 0 Å². The lowest BCUT2D eigenvalue weighted by Crippen LogP contribution is -2.19. The third kappa shape index (κ3) is 9.45. The number of carbonyl (C=O) groups is 2. The number of hydrogen-bond acceptors (Lipinski definition) is 2. The molecule has 0 spiro atoms. The molecule has 0 fully saturated rings. The minimum atomic E-state index is -4.64. The van der Waals surface area contributed by atoms with Crippen LogP contribution in [-0.4, -0.2) is 23.9 Å². The van der Waals surface area contributed by atoms with Gasteiger partial charge in [0.2, 0.25) is 0 Å². The van der Waals surface area contributed by atoms with Crippen molar-refractivity contribution in [2.45, 2.75) is 50.9 Å². The van der Waals surface area contributed by atoms with Gasteiger partial charge in [-0.1, -0.05) is 78.1 Å². The Hall–Kier alpha value is -2.03. The van der Waals surface area contributed by atoms with Crippen molar-refractivity contribution in [1.29, 1.82) is 0 Å². The largest absolute Gasteiger partial charge is 0.399 e. The zero-order chi connectivity index (χ0) is 27.3. The molecule has 2 atom stereocenters. The number of allylic oxidation sites excluding steroid dienone is 1. The maximum Gasteiger partial charge on any atom is 0.399 e. The summed E-state index contributed by atoms with van der Waals surface area (Å²) in [6.45, 7) is 1.59. The Balaban J connectivity index is 2.06. The summed E-state index contributed by atoms with van der Waals surface area (Å²) in [5, 5.41) is -0.269. The van der Waals surface area contributed by atoms with Crippen molar-refractivity contribution in [3.8, 4) is 0 Å². The van der Waals surface area contributed by atoms with E-state index in [1.165, 1.54) is 30.3 Å². The molecule has 2 aromatic carbocycles. The third-order valence-corrected chi connectivity index (χ3v) is 6.43. The minimum Gasteiger partial charge on any atom is -0.300 e. The van der Waals surface area contributed by atoms with Gasteiger partial charge in [0.1, 0.15) is 5.78 Å². The van der Waals surface area contributed by atoms with E-state index in [2.05, 4.69) is 0 Å². The Kier molecular flexibility index (Phi) is 10.5. The molecule has 2 aromatic rings. The summed E-state index contributed by atoms with van der Waals surface area (Å²) in [6, 6.07) is 7.96. The highest BCUT2D eigenvalue weighted by Crippen LogP contribution is 2.41. The molecular formula is C25H21Cl3F6O2. The van der Waals surface area contributed by atoms with Crippen LogP contribution < -0.4 is 0 Å². The van der Waals surface area contributed by atoms with E-state index in [0.717, 1.165) is 18.2 Å². The Morgan fingerprint density at radius 2 is 1.47 bits per heavy atom. The highest BCUT2D eigenvalue weighted by molar-refractivity contribution is 6.48. The highest BCUT2D eigenvalue weighted by atomic mass is 35.5. The Morgan fingerprint density at radius 1 is 0.917 bits per heavy atom. The molecule has 0 aliphatic rings. The number of benzene rings is 2. The van der Waals surface area contributed by atoms with E-state index in [0.29, 0.717) is 5.56 Å². The second kappa shape index (κ2) is 12.5. The van der Waals surface area contributed by atoms with E-state index < -0.39 is 42.8 Å². The molecule has 0 saturated heterocycles. The Labute approximate surface area is 219 Å². The summed E-state index contributed by atoms with van der Waals surface area (Å²) in [7, 11) is 0. The van der Waals surface area contributed by atoms with Gasteiger partial charge in [-0.2, -0.15) is 26.3 Å². The highest BCUT2D eigenvalue weighted by Gasteiger charge is 2.39. The predicted molar refractivity (Wildman–Crippen MR) is 129 cm³/mol. The Bertz CT molecular complexity index is 1090. The van der Waals surface area contributed by atoms with Gasteiger partial charge in [0.25, 0.3) is 0 Å². The number of hydrogen-bond donors (Lipinski definition) is 0. The lowest BCUT2D eigenvalue weighted by molar-refractivity contribution is -0.143.